The van der Waals surface area contributed by atoms with E-state index in [0.29, 0.717) is 5.15 Å². The fraction of sp³-hybridized carbons (Fsp3) is 0.167. The van der Waals surface area contributed by atoms with E-state index < -0.39 is 0 Å². The molecule has 0 atom stereocenters. The van der Waals surface area contributed by atoms with Crippen LogP contribution in [0.25, 0.3) is 11.3 Å². The largest absolute Gasteiger partial charge is 0.378 e. The molecule has 4 heteroatoms. The highest BCUT2D eigenvalue weighted by Crippen LogP contribution is 2.20. The molecule has 0 bridgehead atoms. The van der Waals surface area contributed by atoms with E-state index in [2.05, 4.69) is 9.97 Å². The van der Waals surface area contributed by atoms with Crippen molar-refractivity contribution in [3.05, 3.63) is 41.8 Å². The van der Waals surface area contributed by atoms with Crippen molar-refractivity contribution in [1.29, 1.82) is 0 Å². The van der Waals surface area contributed by atoms with Gasteiger partial charge in [-0.1, -0.05) is 23.7 Å². The minimum atomic E-state index is 0.411. The highest BCUT2D eigenvalue weighted by atomic mass is 35.5. The van der Waals surface area contributed by atoms with Gasteiger partial charge in [0.1, 0.15) is 5.15 Å². The molecule has 0 amide bonds. The fourth-order valence-electron chi connectivity index (χ4n) is 1.41. The van der Waals surface area contributed by atoms with Crippen LogP contribution in [0.1, 0.15) is 0 Å². The maximum Gasteiger partial charge on any atom is 0.148 e. The van der Waals surface area contributed by atoms with Crippen LogP contribution in [0.3, 0.4) is 0 Å². The van der Waals surface area contributed by atoms with E-state index in [1.54, 1.807) is 6.20 Å². The Morgan fingerprint density at radius 2 is 1.75 bits per heavy atom. The number of anilines is 1. The summed E-state index contributed by atoms with van der Waals surface area (Å²) in [6.07, 6.45) is 3.23. The topological polar surface area (TPSA) is 29.0 Å². The van der Waals surface area contributed by atoms with Gasteiger partial charge in [0.25, 0.3) is 0 Å². The summed E-state index contributed by atoms with van der Waals surface area (Å²) in [6.45, 7) is 0. The van der Waals surface area contributed by atoms with Crippen molar-refractivity contribution in [2.75, 3.05) is 19.0 Å². The van der Waals surface area contributed by atoms with Gasteiger partial charge in [0.05, 0.1) is 18.1 Å². The first-order chi connectivity index (χ1) is 7.66. The average molecular weight is 234 g/mol. The second-order valence-electron chi connectivity index (χ2n) is 3.67. The zero-order valence-electron chi connectivity index (χ0n) is 9.18. The first-order valence-corrected chi connectivity index (χ1v) is 5.30. The molecule has 0 saturated heterocycles. The van der Waals surface area contributed by atoms with Crippen molar-refractivity contribution < 1.29 is 0 Å². The number of rotatable bonds is 2. The first-order valence-electron chi connectivity index (χ1n) is 4.92. The van der Waals surface area contributed by atoms with Crippen molar-refractivity contribution >= 4 is 17.3 Å². The van der Waals surface area contributed by atoms with Gasteiger partial charge >= 0.3 is 0 Å². The van der Waals surface area contributed by atoms with Gasteiger partial charge in [-0.15, -0.1) is 0 Å². The Morgan fingerprint density at radius 3 is 2.31 bits per heavy atom. The van der Waals surface area contributed by atoms with Crippen molar-refractivity contribution in [1.82, 2.24) is 9.97 Å². The number of hydrogen-bond donors (Lipinski definition) is 0. The molecule has 0 spiro atoms. The third kappa shape index (κ3) is 2.31. The molecule has 82 valence electrons. The highest BCUT2D eigenvalue weighted by molar-refractivity contribution is 6.29. The smallest absolute Gasteiger partial charge is 0.148 e. The molecule has 0 radical (unpaired) electrons. The van der Waals surface area contributed by atoms with E-state index >= 15 is 0 Å². The predicted octanol–water partition coefficient (Wildman–Crippen LogP) is 2.86. The van der Waals surface area contributed by atoms with E-state index in [0.717, 1.165) is 16.9 Å². The van der Waals surface area contributed by atoms with Crippen LogP contribution in [-0.4, -0.2) is 24.1 Å². The molecule has 2 rings (SSSR count). The van der Waals surface area contributed by atoms with Crippen LogP contribution in [0.4, 0.5) is 5.69 Å². The van der Waals surface area contributed by atoms with Crippen LogP contribution in [0.15, 0.2) is 36.7 Å². The van der Waals surface area contributed by atoms with Crippen LogP contribution in [-0.2, 0) is 0 Å². The second kappa shape index (κ2) is 4.49. The molecule has 0 N–H and O–H groups in total. The summed E-state index contributed by atoms with van der Waals surface area (Å²) in [6, 6.07) is 8.10. The van der Waals surface area contributed by atoms with Crippen molar-refractivity contribution in [3.8, 4) is 11.3 Å². The zero-order valence-corrected chi connectivity index (χ0v) is 9.94. The Morgan fingerprint density at radius 1 is 1.06 bits per heavy atom. The highest BCUT2D eigenvalue weighted by Gasteiger charge is 2.01. The van der Waals surface area contributed by atoms with Gasteiger partial charge in [-0.05, 0) is 12.1 Å². The van der Waals surface area contributed by atoms with Gasteiger partial charge in [0.2, 0.25) is 0 Å². The van der Waals surface area contributed by atoms with Crippen LogP contribution in [0, 0.1) is 0 Å². The van der Waals surface area contributed by atoms with Crippen LogP contribution in [0.2, 0.25) is 5.15 Å². The zero-order chi connectivity index (χ0) is 11.5. The summed E-state index contributed by atoms with van der Waals surface area (Å²) in [5, 5.41) is 0.411. The molecular formula is C12H12ClN3. The lowest BCUT2D eigenvalue weighted by Gasteiger charge is -2.12. The summed E-state index contributed by atoms with van der Waals surface area (Å²) in [4.78, 5) is 10.3. The average Bonchev–Trinajstić information content (AvgIpc) is 2.29. The standard InChI is InChI=1S/C12H12ClN3/c1-16(2)10-5-3-9(4-6-10)11-7-14-8-12(13)15-11/h3-8H,1-2H3. The molecule has 16 heavy (non-hydrogen) atoms. The van der Waals surface area contributed by atoms with E-state index in [1.807, 2.05) is 43.3 Å². The maximum absolute atomic E-state index is 5.79. The monoisotopic (exact) mass is 233 g/mol. The van der Waals surface area contributed by atoms with Crippen LogP contribution >= 0.6 is 11.6 Å². The third-order valence-corrected chi connectivity index (χ3v) is 2.47. The van der Waals surface area contributed by atoms with E-state index in [1.165, 1.54) is 6.20 Å². The van der Waals surface area contributed by atoms with Crippen molar-refractivity contribution in [3.63, 3.8) is 0 Å². The lowest BCUT2D eigenvalue weighted by molar-refractivity contribution is 1.13. The van der Waals surface area contributed by atoms with Crippen molar-refractivity contribution in [2.24, 2.45) is 0 Å². The molecule has 3 nitrogen and oxygen atoms in total. The molecule has 1 heterocycles. The number of benzene rings is 1. The summed E-state index contributed by atoms with van der Waals surface area (Å²) >= 11 is 5.79. The molecule has 0 saturated carbocycles. The molecular weight excluding hydrogens is 222 g/mol. The van der Waals surface area contributed by atoms with Gasteiger partial charge in [-0.3, -0.25) is 4.98 Å². The van der Waals surface area contributed by atoms with E-state index in [9.17, 15) is 0 Å². The third-order valence-electron chi connectivity index (χ3n) is 2.28. The van der Waals surface area contributed by atoms with Gasteiger partial charge in [0, 0.05) is 25.3 Å². The van der Waals surface area contributed by atoms with Gasteiger partial charge < -0.3 is 4.90 Å². The molecule has 0 aliphatic rings. The van der Waals surface area contributed by atoms with Crippen molar-refractivity contribution in [2.45, 2.75) is 0 Å². The summed E-state index contributed by atoms with van der Waals surface area (Å²) in [7, 11) is 4.02. The molecule has 0 aliphatic heterocycles. The van der Waals surface area contributed by atoms with Gasteiger partial charge in [-0.2, -0.15) is 0 Å². The number of aromatic nitrogens is 2. The first kappa shape index (κ1) is 10.9. The number of nitrogens with zero attached hydrogens (tertiary/aromatic N) is 3. The van der Waals surface area contributed by atoms with E-state index in [-0.39, 0.29) is 0 Å². The van der Waals surface area contributed by atoms with Gasteiger partial charge in [0.15, 0.2) is 0 Å². The Balaban J connectivity index is 2.35. The molecule has 0 unspecified atom stereocenters. The van der Waals surface area contributed by atoms with Crippen LogP contribution < -0.4 is 4.90 Å². The number of hydrogen-bond acceptors (Lipinski definition) is 3. The molecule has 2 aromatic rings. The Kier molecular flexibility index (Phi) is 3.06. The molecule has 0 aliphatic carbocycles. The maximum atomic E-state index is 5.79. The Labute approximate surface area is 99.7 Å². The Hall–Kier alpha value is -1.61. The molecule has 1 aromatic heterocycles. The SMILES string of the molecule is CN(C)c1ccc(-c2cncc(Cl)n2)cc1. The quantitative estimate of drug-likeness (QED) is 0.799. The Bertz CT molecular complexity index is 480. The fourth-order valence-corrected chi connectivity index (χ4v) is 1.56. The predicted molar refractivity (Wildman–Crippen MR) is 66.8 cm³/mol. The summed E-state index contributed by atoms with van der Waals surface area (Å²) in [5.41, 5.74) is 2.96. The number of halogens is 1. The minimum absolute atomic E-state index is 0.411. The molecule has 1 aromatic carbocycles. The second-order valence-corrected chi connectivity index (χ2v) is 4.06. The summed E-state index contributed by atoms with van der Waals surface area (Å²) in [5.74, 6) is 0. The van der Waals surface area contributed by atoms with E-state index in [4.69, 9.17) is 11.6 Å². The van der Waals surface area contributed by atoms with Gasteiger partial charge in [-0.25, -0.2) is 4.98 Å². The minimum Gasteiger partial charge on any atom is -0.378 e. The lowest BCUT2D eigenvalue weighted by atomic mass is 10.1. The molecule has 0 fully saturated rings. The normalized spacial score (nSPS) is 10.2. The lowest BCUT2D eigenvalue weighted by Crippen LogP contribution is -2.07. The summed E-state index contributed by atoms with van der Waals surface area (Å²) < 4.78 is 0. The van der Waals surface area contributed by atoms with Crippen LogP contribution in [0.5, 0.6) is 0 Å².